The first-order valence-corrected chi connectivity index (χ1v) is 15.6. The molecule has 1 fully saturated rings. The molecule has 0 radical (unpaired) electrons. The standard InChI is InChI=1S/C28H21BrCl2F4N2O3S/c1-15-9-17(24-13-27(40-36-24,28(33,34)35)18-10-22(30)25(32)23(31)11-18)7-8-21(15)26(38)37-41(39,14-16-5-6-16)20-4-2-3-19(29)12-20/h2-4,7-12,16H,5-6,13-14H2,1H3. The highest BCUT2D eigenvalue weighted by atomic mass is 79.9. The van der Waals surface area contributed by atoms with Crippen LogP contribution in [0, 0.1) is 18.7 Å². The van der Waals surface area contributed by atoms with Crippen LogP contribution < -0.4 is 0 Å². The Hall–Kier alpha value is -2.47. The maximum Gasteiger partial charge on any atom is 0.435 e. The Balaban J connectivity index is 1.46. The Kier molecular flexibility index (Phi) is 8.04. The second kappa shape index (κ2) is 11.0. The lowest BCUT2D eigenvalue weighted by Gasteiger charge is -2.29. The molecule has 2 atom stereocenters. The lowest BCUT2D eigenvalue weighted by Crippen LogP contribution is -2.42. The van der Waals surface area contributed by atoms with E-state index in [2.05, 4.69) is 25.4 Å². The van der Waals surface area contributed by atoms with Crippen LogP contribution >= 0.6 is 39.1 Å². The predicted molar refractivity (Wildman–Crippen MR) is 152 cm³/mol. The number of alkyl halides is 3. The third-order valence-electron chi connectivity index (χ3n) is 6.98. The molecule has 216 valence electrons. The SMILES string of the molecule is Cc1cc(C2=NOC(c3cc(Cl)c(F)c(Cl)c3)(C(F)(F)F)C2)ccc1C(=O)N=S(=O)(CC1CC1)c1cccc(Br)c1. The average molecular weight is 692 g/mol. The molecule has 1 aliphatic heterocycles. The number of nitrogens with zero attached hydrogens (tertiary/aromatic N) is 2. The van der Waals surface area contributed by atoms with Gasteiger partial charge in [-0.1, -0.05) is 56.4 Å². The number of oxime groups is 1. The van der Waals surface area contributed by atoms with Crippen LogP contribution in [0.5, 0.6) is 0 Å². The minimum Gasteiger partial charge on any atom is -0.374 e. The van der Waals surface area contributed by atoms with Crippen LogP contribution in [0.1, 0.15) is 46.3 Å². The second-order valence-electron chi connectivity index (χ2n) is 10.0. The lowest BCUT2D eigenvalue weighted by molar-refractivity contribution is -0.275. The van der Waals surface area contributed by atoms with Gasteiger partial charge in [-0.15, -0.1) is 0 Å². The summed E-state index contributed by atoms with van der Waals surface area (Å²) < 4.78 is 75.8. The van der Waals surface area contributed by atoms with E-state index in [1.807, 2.05) is 0 Å². The van der Waals surface area contributed by atoms with Crippen molar-refractivity contribution in [3.8, 4) is 0 Å². The van der Waals surface area contributed by atoms with Crippen molar-refractivity contribution in [1.29, 1.82) is 0 Å². The third kappa shape index (κ3) is 5.91. The molecule has 0 saturated heterocycles. The van der Waals surface area contributed by atoms with Gasteiger partial charge < -0.3 is 4.84 Å². The van der Waals surface area contributed by atoms with Crippen LogP contribution in [0.4, 0.5) is 17.6 Å². The summed E-state index contributed by atoms with van der Waals surface area (Å²) in [4.78, 5) is 18.7. The van der Waals surface area contributed by atoms with Gasteiger partial charge in [0.2, 0.25) is 0 Å². The van der Waals surface area contributed by atoms with Crippen molar-refractivity contribution in [1.82, 2.24) is 0 Å². The minimum absolute atomic E-state index is 0.0513. The lowest BCUT2D eigenvalue weighted by atomic mass is 9.86. The number of rotatable bonds is 6. The van der Waals surface area contributed by atoms with Crippen LogP contribution in [0.15, 0.2) is 73.5 Å². The summed E-state index contributed by atoms with van der Waals surface area (Å²) >= 11 is 14.9. The molecule has 2 unspecified atom stereocenters. The molecule has 1 saturated carbocycles. The molecule has 1 aliphatic carbocycles. The summed E-state index contributed by atoms with van der Waals surface area (Å²) in [6.07, 6.45) is -3.87. The summed E-state index contributed by atoms with van der Waals surface area (Å²) in [6, 6.07) is 12.8. The Morgan fingerprint density at radius 1 is 1.15 bits per heavy atom. The van der Waals surface area contributed by atoms with Crippen LogP contribution in [0.25, 0.3) is 0 Å². The zero-order valence-corrected chi connectivity index (χ0v) is 25.2. The normalized spacial score (nSPS) is 20.2. The molecule has 0 aromatic heterocycles. The summed E-state index contributed by atoms with van der Waals surface area (Å²) in [5, 5.41) is 2.53. The average Bonchev–Trinajstić information content (AvgIpc) is 3.57. The molecule has 41 heavy (non-hydrogen) atoms. The number of amides is 1. The van der Waals surface area contributed by atoms with Crippen LogP contribution in [-0.4, -0.2) is 27.8 Å². The van der Waals surface area contributed by atoms with Crippen molar-refractivity contribution in [2.45, 2.75) is 42.9 Å². The first-order chi connectivity index (χ1) is 19.2. The van der Waals surface area contributed by atoms with Crippen molar-refractivity contribution in [2.75, 3.05) is 5.75 Å². The quantitative estimate of drug-likeness (QED) is 0.192. The molecule has 0 spiro atoms. The molecule has 0 bridgehead atoms. The van der Waals surface area contributed by atoms with E-state index < -0.39 is 55.3 Å². The topological polar surface area (TPSA) is 68.1 Å². The van der Waals surface area contributed by atoms with E-state index in [4.69, 9.17) is 28.0 Å². The molecular formula is C28H21BrCl2F4N2O3S. The van der Waals surface area contributed by atoms with E-state index >= 15 is 0 Å². The van der Waals surface area contributed by atoms with Crippen LogP contribution in [0.3, 0.4) is 0 Å². The molecule has 0 N–H and O–H groups in total. The van der Waals surface area contributed by atoms with Gasteiger partial charge in [0.1, 0.15) is 0 Å². The van der Waals surface area contributed by atoms with Crippen LogP contribution in [0.2, 0.25) is 10.0 Å². The van der Waals surface area contributed by atoms with Crippen molar-refractivity contribution in [3.05, 3.63) is 97.2 Å². The van der Waals surface area contributed by atoms with Gasteiger partial charge in [0, 0.05) is 32.7 Å². The van der Waals surface area contributed by atoms with Crippen molar-refractivity contribution in [2.24, 2.45) is 15.4 Å². The van der Waals surface area contributed by atoms with Gasteiger partial charge in [-0.2, -0.15) is 17.5 Å². The predicted octanol–water partition coefficient (Wildman–Crippen LogP) is 8.86. The first-order valence-electron chi connectivity index (χ1n) is 12.3. The summed E-state index contributed by atoms with van der Waals surface area (Å²) in [5.41, 5.74) is -2.66. The van der Waals surface area contributed by atoms with E-state index in [1.165, 1.54) is 18.2 Å². The van der Waals surface area contributed by atoms with Gasteiger partial charge in [-0.25, -0.2) is 8.60 Å². The Bertz CT molecular complexity index is 1700. The maximum absolute atomic E-state index is 14.4. The van der Waals surface area contributed by atoms with Gasteiger partial charge in [-0.3, -0.25) is 4.79 Å². The molecular weight excluding hydrogens is 671 g/mol. The number of hydrogen-bond acceptors (Lipinski definition) is 4. The van der Waals surface area contributed by atoms with E-state index in [0.717, 1.165) is 25.0 Å². The highest BCUT2D eigenvalue weighted by Gasteiger charge is 2.62. The molecule has 3 aromatic carbocycles. The fraction of sp³-hybridized carbons (Fsp3) is 0.286. The van der Waals surface area contributed by atoms with Crippen LogP contribution in [-0.2, 0) is 20.2 Å². The molecule has 3 aromatic rings. The Morgan fingerprint density at radius 3 is 2.41 bits per heavy atom. The molecule has 1 heterocycles. The van der Waals surface area contributed by atoms with Gasteiger partial charge >= 0.3 is 6.18 Å². The summed E-state index contributed by atoms with van der Waals surface area (Å²) in [5.74, 6) is -1.25. The largest absolute Gasteiger partial charge is 0.435 e. The smallest absolute Gasteiger partial charge is 0.374 e. The number of carbonyl (C=O) groups excluding carboxylic acids is 1. The Morgan fingerprint density at radius 2 is 1.83 bits per heavy atom. The molecule has 13 heteroatoms. The van der Waals surface area contributed by atoms with Crippen molar-refractivity contribution in [3.63, 3.8) is 0 Å². The highest BCUT2D eigenvalue weighted by molar-refractivity contribution is 9.10. The first kappa shape index (κ1) is 30.0. The van der Waals surface area contributed by atoms with E-state index in [1.54, 1.807) is 31.2 Å². The Labute approximate surface area is 252 Å². The summed E-state index contributed by atoms with van der Waals surface area (Å²) in [7, 11) is -3.06. The van der Waals surface area contributed by atoms with Crippen molar-refractivity contribution < 1.29 is 31.4 Å². The molecule has 5 nitrogen and oxygen atoms in total. The second-order valence-corrected chi connectivity index (χ2v) is 14.0. The number of hydrogen-bond donors (Lipinski definition) is 0. The zero-order valence-electron chi connectivity index (χ0n) is 21.3. The van der Waals surface area contributed by atoms with Gasteiger partial charge in [0.25, 0.3) is 11.5 Å². The number of aryl methyl sites for hydroxylation is 1. The van der Waals surface area contributed by atoms with Crippen molar-refractivity contribution >= 4 is 60.5 Å². The van der Waals surface area contributed by atoms with Gasteiger partial charge in [-0.05, 0) is 79.3 Å². The van der Waals surface area contributed by atoms with Gasteiger partial charge in [0.05, 0.1) is 25.5 Å². The number of benzene rings is 3. The molecule has 1 amide bonds. The number of carbonyl (C=O) groups is 1. The third-order valence-corrected chi connectivity index (χ3v) is 10.4. The molecule has 2 aliphatic rings. The minimum atomic E-state index is -4.96. The van der Waals surface area contributed by atoms with E-state index in [0.29, 0.717) is 14.9 Å². The van der Waals surface area contributed by atoms with Gasteiger partial charge in [0.15, 0.2) is 5.82 Å². The maximum atomic E-state index is 14.4. The fourth-order valence-corrected chi connectivity index (χ4v) is 7.92. The molecule has 5 rings (SSSR count). The highest BCUT2D eigenvalue weighted by Crippen LogP contribution is 2.50. The fourth-order valence-electron chi connectivity index (χ4n) is 4.57. The monoisotopic (exact) mass is 690 g/mol. The summed E-state index contributed by atoms with van der Waals surface area (Å²) in [6.45, 7) is 1.60. The zero-order chi connectivity index (χ0) is 29.7. The van der Waals surface area contributed by atoms with E-state index in [-0.39, 0.29) is 28.5 Å². The number of halogens is 7. The van der Waals surface area contributed by atoms with E-state index in [9.17, 15) is 26.6 Å².